The van der Waals surface area contributed by atoms with Crippen LogP contribution in [0.5, 0.6) is 0 Å². The minimum absolute atomic E-state index is 0.213. The molecule has 0 bridgehead atoms. The number of halogens is 2. The second kappa shape index (κ2) is 12.3. The molecule has 2 heterocycles. The summed E-state index contributed by atoms with van der Waals surface area (Å²) >= 11 is 12.3. The van der Waals surface area contributed by atoms with Gasteiger partial charge in [-0.15, -0.1) is 0 Å². The van der Waals surface area contributed by atoms with Crippen LogP contribution in [-0.2, 0) is 17.7 Å². The van der Waals surface area contributed by atoms with Crippen LogP contribution >= 0.6 is 23.2 Å². The van der Waals surface area contributed by atoms with E-state index < -0.39 is 12.0 Å². The molecule has 8 nitrogen and oxygen atoms in total. The third-order valence-electron chi connectivity index (χ3n) is 5.41. The zero-order valence-electron chi connectivity index (χ0n) is 19.9. The van der Waals surface area contributed by atoms with E-state index in [0.29, 0.717) is 44.7 Å². The van der Waals surface area contributed by atoms with Gasteiger partial charge in [-0.3, -0.25) is 0 Å². The van der Waals surface area contributed by atoms with Crippen molar-refractivity contribution in [3.63, 3.8) is 0 Å². The molecule has 0 spiro atoms. The summed E-state index contributed by atoms with van der Waals surface area (Å²) in [7, 11) is 0. The lowest BCUT2D eigenvalue weighted by molar-refractivity contribution is 0.0526. The van der Waals surface area contributed by atoms with Gasteiger partial charge in [-0.1, -0.05) is 59.6 Å². The summed E-state index contributed by atoms with van der Waals surface area (Å²) in [5.41, 5.74) is 6.18. The maximum absolute atomic E-state index is 13.1. The van der Waals surface area contributed by atoms with Crippen LogP contribution < -0.4 is 10.7 Å². The van der Waals surface area contributed by atoms with Crippen molar-refractivity contribution < 1.29 is 18.7 Å². The fourth-order valence-electron chi connectivity index (χ4n) is 3.73. The predicted molar refractivity (Wildman–Crippen MR) is 143 cm³/mol. The third kappa shape index (κ3) is 6.61. The van der Waals surface area contributed by atoms with Gasteiger partial charge in [-0.25, -0.2) is 15.0 Å². The highest BCUT2D eigenvalue weighted by Gasteiger charge is 2.25. The van der Waals surface area contributed by atoms with Gasteiger partial charge < -0.3 is 19.5 Å². The quantitative estimate of drug-likeness (QED) is 0.134. The summed E-state index contributed by atoms with van der Waals surface area (Å²) < 4.78 is 10.6. The molecule has 0 aliphatic rings. The number of esters is 1. The van der Waals surface area contributed by atoms with Crippen molar-refractivity contribution in [3.05, 3.63) is 105 Å². The van der Waals surface area contributed by atoms with E-state index in [-0.39, 0.29) is 13.2 Å². The van der Waals surface area contributed by atoms with Gasteiger partial charge in [-0.2, -0.15) is 5.10 Å². The molecular weight excluding hydrogens is 515 g/mol. The lowest BCUT2D eigenvalue weighted by Gasteiger charge is -2.09. The maximum Gasteiger partial charge on any atom is 0.340 e. The lowest BCUT2D eigenvalue weighted by Crippen LogP contribution is -2.31. The van der Waals surface area contributed by atoms with Gasteiger partial charge in [0.2, 0.25) is 0 Å². The van der Waals surface area contributed by atoms with E-state index in [9.17, 15) is 9.59 Å². The number of furan rings is 1. The van der Waals surface area contributed by atoms with Gasteiger partial charge in [-0.05, 0) is 47.9 Å². The molecule has 2 amide bonds. The van der Waals surface area contributed by atoms with Crippen molar-refractivity contribution in [2.45, 2.75) is 19.9 Å². The number of H-pyrrole nitrogens is 1. The molecule has 0 aliphatic carbocycles. The Bertz CT molecular complexity index is 1400. The maximum atomic E-state index is 13.1. The molecular formula is C27H24Cl2N4O4. The highest BCUT2D eigenvalue weighted by Crippen LogP contribution is 2.32. The smallest absolute Gasteiger partial charge is 0.340 e. The molecule has 37 heavy (non-hydrogen) atoms. The SMILES string of the molecule is CCOC(=O)c1c(-c2ccccc2)[nH]c(/C=N/NC(=O)NCc2ccco2)c1Cc1ccc(Cl)c(Cl)c1. The number of aromatic nitrogens is 1. The number of ether oxygens (including phenoxy) is 1. The van der Waals surface area contributed by atoms with Gasteiger partial charge in [0.05, 0.1) is 52.6 Å². The zero-order valence-corrected chi connectivity index (χ0v) is 21.4. The number of carbonyl (C=O) groups is 2. The first kappa shape index (κ1) is 26.1. The number of carbonyl (C=O) groups excluding carboxylic acids is 2. The van der Waals surface area contributed by atoms with E-state index in [0.717, 1.165) is 11.1 Å². The first-order valence-electron chi connectivity index (χ1n) is 11.5. The number of nitrogens with one attached hydrogen (secondary N) is 3. The summed E-state index contributed by atoms with van der Waals surface area (Å²) in [6.07, 6.45) is 3.31. The number of hydrazone groups is 1. The zero-order chi connectivity index (χ0) is 26.2. The number of urea groups is 1. The standard InChI is InChI=1S/C27H24Cl2N4O4/c1-2-36-26(34)24-20(13-17-10-11-21(28)22(29)14-17)23(32-25(24)18-7-4-3-5-8-18)16-31-33-27(35)30-15-19-9-6-12-37-19/h3-12,14,16,32H,2,13,15H2,1H3,(H2,30,33,35)/b31-16+. The molecule has 10 heteroatoms. The van der Waals surface area contributed by atoms with Gasteiger partial charge >= 0.3 is 12.0 Å². The predicted octanol–water partition coefficient (Wildman–Crippen LogP) is 6.18. The molecule has 190 valence electrons. The lowest BCUT2D eigenvalue weighted by atomic mass is 9.98. The van der Waals surface area contributed by atoms with Crippen LogP contribution in [0.3, 0.4) is 0 Å². The number of hydrogen-bond donors (Lipinski definition) is 3. The Labute approximate surface area is 223 Å². The van der Waals surface area contributed by atoms with Gasteiger partial charge in [0.15, 0.2) is 0 Å². The highest BCUT2D eigenvalue weighted by molar-refractivity contribution is 6.42. The van der Waals surface area contributed by atoms with Crippen molar-refractivity contribution in [3.8, 4) is 11.3 Å². The average molecular weight is 539 g/mol. The van der Waals surface area contributed by atoms with Crippen LogP contribution in [0.4, 0.5) is 4.79 Å². The van der Waals surface area contributed by atoms with Crippen molar-refractivity contribution >= 4 is 41.4 Å². The van der Waals surface area contributed by atoms with E-state index >= 15 is 0 Å². The number of benzene rings is 2. The minimum Gasteiger partial charge on any atom is -0.467 e. The van der Waals surface area contributed by atoms with Crippen molar-refractivity contribution in [1.29, 1.82) is 0 Å². The molecule has 0 saturated carbocycles. The van der Waals surface area contributed by atoms with Crippen LogP contribution in [0.1, 0.15) is 39.9 Å². The molecule has 2 aromatic heterocycles. The summed E-state index contributed by atoms with van der Waals surface area (Å²) in [4.78, 5) is 28.6. The van der Waals surface area contributed by atoms with Gasteiger partial charge in [0, 0.05) is 6.42 Å². The number of hydrogen-bond acceptors (Lipinski definition) is 5. The second-order valence-electron chi connectivity index (χ2n) is 7.91. The monoisotopic (exact) mass is 538 g/mol. The Balaban J connectivity index is 1.68. The average Bonchev–Trinajstić information content (AvgIpc) is 3.54. The van der Waals surface area contributed by atoms with E-state index in [1.165, 1.54) is 12.5 Å². The Morgan fingerprint density at radius 2 is 1.89 bits per heavy atom. The summed E-state index contributed by atoms with van der Waals surface area (Å²) in [6, 6.07) is 17.7. The van der Waals surface area contributed by atoms with Crippen molar-refractivity contribution in [2.75, 3.05) is 6.61 Å². The molecule has 0 aliphatic heterocycles. The van der Waals surface area contributed by atoms with Crippen LogP contribution in [0.25, 0.3) is 11.3 Å². The van der Waals surface area contributed by atoms with Crippen molar-refractivity contribution in [2.24, 2.45) is 5.10 Å². The fraction of sp³-hybridized carbons (Fsp3) is 0.148. The Kier molecular flexibility index (Phi) is 8.66. The highest BCUT2D eigenvalue weighted by atomic mass is 35.5. The topological polar surface area (TPSA) is 109 Å². The number of nitrogens with zero attached hydrogens (tertiary/aromatic N) is 1. The molecule has 0 unspecified atom stereocenters. The molecule has 3 N–H and O–H groups in total. The first-order valence-corrected chi connectivity index (χ1v) is 12.2. The largest absolute Gasteiger partial charge is 0.467 e. The summed E-state index contributed by atoms with van der Waals surface area (Å²) in [5.74, 6) is 0.135. The van der Waals surface area contributed by atoms with Crippen LogP contribution in [0, 0.1) is 0 Å². The number of aromatic amines is 1. The van der Waals surface area contributed by atoms with E-state index in [4.69, 9.17) is 32.4 Å². The number of rotatable bonds is 9. The molecule has 4 rings (SSSR count). The second-order valence-corrected chi connectivity index (χ2v) is 8.73. The van der Waals surface area contributed by atoms with Crippen LogP contribution in [0.2, 0.25) is 10.0 Å². The number of amides is 2. The Hall–Kier alpha value is -4.01. The Morgan fingerprint density at radius 1 is 1.08 bits per heavy atom. The first-order chi connectivity index (χ1) is 18.0. The van der Waals surface area contributed by atoms with Crippen molar-refractivity contribution in [1.82, 2.24) is 15.7 Å². The molecule has 4 aromatic rings. The third-order valence-corrected chi connectivity index (χ3v) is 6.15. The van der Waals surface area contributed by atoms with E-state index in [2.05, 4.69) is 20.8 Å². The van der Waals surface area contributed by atoms with E-state index in [1.54, 1.807) is 31.2 Å². The van der Waals surface area contributed by atoms with Gasteiger partial charge in [0.1, 0.15) is 5.76 Å². The molecule has 0 radical (unpaired) electrons. The molecule has 0 saturated heterocycles. The fourth-order valence-corrected chi connectivity index (χ4v) is 4.05. The summed E-state index contributed by atoms with van der Waals surface area (Å²) in [6.45, 7) is 2.18. The molecule has 0 fully saturated rings. The van der Waals surface area contributed by atoms with E-state index in [1.807, 2.05) is 36.4 Å². The van der Waals surface area contributed by atoms with Crippen LogP contribution in [-0.4, -0.2) is 29.8 Å². The minimum atomic E-state index is -0.515. The molecule has 0 atom stereocenters. The summed E-state index contributed by atoms with van der Waals surface area (Å²) in [5, 5.41) is 7.56. The van der Waals surface area contributed by atoms with Gasteiger partial charge in [0.25, 0.3) is 0 Å². The normalized spacial score (nSPS) is 11.0. The Morgan fingerprint density at radius 3 is 2.59 bits per heavy atom. The van der Waals surface area contributed by atoms with Crippen LogP contribution in [0.15, 0.2) is 76.4 Å². The molecule has 2 aromatic carbocycles.